The van der Waals surface area contributed by atoms with Crippen LogP contribution >= 0.6 is 0 Å². The molecule has 0 radical (unpaired) electrons. The lowest BCUT2D eigenvalue weighted by molar-refractivity contribution is -0.125. The monoisotopic (exact) mass is 416 g/mol. The fraction of sp³-hybridized carbons (Fsp3) is 0.429. The van der Waals surface area contributed by atoms with Crippen molar-refractivity contribution in [2.75, 3.05) is 37.0 Å². The van der Waals surface area contributed by atoms with E-state index in [9.17, 15) is 14.4 Å². The van der Waals surface area contributed by atoms with Crippen LogP contribution in [0.3, 0.4) is 0 Å². The van der Waals surface area contributed by atoms with E-state index in [1.807, 2.05) is 32.0 Å². The topological polar surface area (TPSA) is 114 Å². The number of amides is 3. The third-order valence-corrected chi connectivity index (χ3v) is 4.57. The molecule has 3 amide bonds. The summed E-state index contributed by atoms with van der Waals surface area (Å²) in [5.74, 6) is -0.301. The predicted octanol–water partition coefficient (Wildman–Crippen LogP) is 2.11. The van der Waals surface area contributed by atoms with E-state index in [0.29, 0.717) is 24.6 Å². The molecule has 0 spiro atoms. The minimum absolute atomic E-state index is 0.0230. The molecule has 0 aliphatic carbocycles. The number of nitrogens with zero attached hydrogens (tertiary/aromatic N) is 2. The van der Waals surface area contributed by atoms with Gasteiger partial charge >= 0.3 is 0 Å². The zero-order valence-electron chi connectivity index (χ0n) is 17.8. The lowest BCUT2D eigenvalue weighted by atomic mass is 10.1. The van der Waals surface area contributed by atoms with Crippen LogP contribution in [0.2, 0.25) is 0 Å². The number of carbonyl (C=O) groups excluding carboxylic acids is 3. The molecule has 0 aliphatic heterocycles. The van der Waals surface area contributed by atoms with Crippen molar-refractivity contribution in [3.05, 3.63) is 41.2 Å². The van der Waals surface area contributed by atoms with Gasteiger partial charge in [0.1, 0.15) is 12.3 Å². The van der Waals surface area contributed by atoms with E-state index in [-0.39, 0.29) is 37.0 Å². The minimum atomic E-state index is -0.402. The summed E-state index contributed by atoms with van der Waals surface area (Å²) in [5, 5.41) is 9.31. The normalized spacial score (nSPS) is 10.5. The molecule has 0 atom stereocenters. The summed E-state index contributed by atoms with van der Waals surface area (Å²) in [6.45, 7) is 6.04. The number of carbonyl (C=O) groups is 3. The predicted molar refractivity (Wildman–Crippen MR) is 112 cm³/mol. The second kappa shape index (κ2) is 11.1. The van der Waals surface area contributed by atoms with Gasteiger partial charge in [0, 0.05) is 38.2 Å². The average molecular weight is 416 g/mol. The number of aryl methyl sites for hydroxylation is 2. The average Bonchev–Trinajstić information content (AvgIpc) is 3.14. The first-order chi connectivity index (χ1) is 14.3. The molecule has 1 aromatic heterocycles. The van der Waals surface area contributed by atoms with Gasteiger partial charge in [-0.15, -0.1) is 0 Å². The second-order valence-electron chi connectivity index (χ2n) is 6.91. The Kier molecular flexibility index (Phi) is 8.54. The van der Waals surface area contributed by atoms with E-state index < -0.39 is 5.91 Å². The Hall–Kier alpha value is -3.20. The number of benzene rings is 1. The smallest absolute Gasteiger partial charge is 0.240 e. The third-order valence-electron chi connectivity index (χ3n) is 4.57. The highest BCUT2D eigenvalue weighted by atomic mass is 16.5. The Bertz CT molecular complexity index is 893. The van der Waals surface area contributed by atoms with Crippen LogP contribution < -0.4 is 15.5 Å². The molecular weight excluding hydrogens is 388 g/mol. The summed E-state index contributed by atoms with van der Waals surface area (Å²) in [6.07, 6.45) is -0.0984. The van der Waals surface area contributed by atoms with Gasteiger partial charge < -0.3 is 19.9 Å². The Morgan fingerprint density at radius 2 is 1.90 bits per heavy atom. The molecule has 0 saturated carbocycles. The van der Waals surface area contributed by atoms with Crippen LogP contribution in [-0.2, 0) is 19.1 Å². The highest BCUT2D eigenvalue weighted by molar-refractivity contribution is 6.00. The zero-order valence-corrected chi connectivity index (χ0v) is 17.8. The Balaban J connectivity index is 1.98. The zero-order chi connectivity index (χ0) is 22.1. The van der Waals surface area contributed by atoms with Gasteiger partial charge in [-0.05, 0) is 38.0 Å². The van der Waals surface area contributed by atoms with Crippen LogP contribution in [-0.4, -0.2) is 49.7 Å². The molecular formula is C21H28N4O5. The van der Waals surface area contributed by atoms with Crippen LogP contribution in [0.1, 0.15) is 29.7 Å². The van der Waals surface area contributed by atoms with Gasteiger partial charge in [-0.3, -0.25) is 19.3 Å². The van der Waals surface area contributed by atoms with Gasteiger partial charge in [0.2, 0.25) is 17.7 Å². The van der Waals surface area contributed by atoms with Gasteiger partial charge in [0.05, 0.1) is 6.61 Å². The van der Waals surface area contributed by atoms with E-state index in [0.717, 1.165) is 11.1 Å². The van der Waals surface area contributed by atoms with Gasteiger partial charge in [-0.1, -0.05) is 17.3 Å². The number of hydrogen-bond donors (Lipinski definition) is 2. The first kappa shape index (κ1) is 23.1. The van der Waals surface area contributed by atoms with Gasteiger partial charge in [-0.25, -0.2) is 0 Å². The molecule has 0 saturated heterocycles. The summed E-state index contributed by atoms with van der Waals surface area (Å²) in [7, 11) is 1.53. The fourth-order valence-electron chi connectivity index (χ4n) is 2.72. The molecule has 0 unspecified atom stereocenters. The molecule has 1 heterocycles. The van der Waals surface area contributed by atoms with Crippen molar-refractivity contribution in [1.29, 1.82) is 0 Å². The van der Waals surface area contributed by atoms with E-state index in [1.54, 1.807) is 13.0 Å². The molecule has 0 fully saturated rings. The number of rotatable bonds is 10. The Morgan fingerprint density at radius 3 is 2.57 bits per heavy atom. The van der Waals surface area contributed by atoms with E-state index in [4.69, 9.17) is 9.26 Å². The molecule has 2 rings (SSSR count). The lowest BCUT2D eigenvalue weighted by Gasteiger charge is -2.19. The van der Waals surface area contributed by atoms with Crippen molar-refractivity contribution in [3.63, 3.8) is 0 Å². The van der Waals surface area contributed by atoms with Crippen molar-refractivity contribution >= 4 is 29.2 Å². The number of methoxy groups -OCH3 is 1. The van der Waals surface area contributed by atoms with E-state index in [2.05, 4.69) is 15.8 Å². The van der Waals surface area contributed by atoms with Crippen LogP contribution in [0.25, 0.3) is 0 Å². The molecule has 1 aromatic carbocycles. The molecule has 0 aliphatic rings. The quantitative estimate of drug-likeness (QED) is 0.574. The van der Waals surface area contributed by atoms with Gasteiger partial charge in [0.25, 0.3) is 0 Å². The first-order valence-corrected chi connectivity index (χ1v) is 9.67. The van der Waals surface area contributed by atoms with Gasteiger partial charge in [-0.2, -0.15) is 0 Å². The maximum atomic E-state index is 12.8. The van der Waals surface area contributed by atoms with E-state index >= 15 is 0 Å². The van der Waals surface area contributed by atoms with Crippen LogP contribution in [0.5, 0.6) is 0 Å². The molecule has 162 valence electrons. The van der Waals surface area contributed by atoms with Crippen molar-refractivity contribution in [1.82, 2.24) is 10.5 Å². The van der Waals surface area contributed by atoms with Gasteiger partial charge in [0.15, 0.2) is 5.82 Å². The summed E-state index contributed by atoms with van der Waals surface area (Å²) in [5.41, 5.74) is 2.76. The third kappa shape index (κ3) is 6.70. The molecule has 2 aromatic rings. The van der Waals surface area contributed by atoms with Crippen molar-refractivity contribution in [3.8, 4) is 0 Å². The van der Waals surface area contributed by atoms with Crippen molar-refractivity contribution in [2.24, 2.45) is 0 Å². The first-order valence-electron chi connectivity index (χ1n) is 9.67. The molecule has 0 bridgehead atoms. The van der Waals surface area contributed by atoms with Crippen LogP contribution in [0.15, 0.2) is 28.8 Å². The summed E-state index contributed by atoms with van der Waals surface area (Å²) in [4.78, 5) is 38.5. The Labute approximate surface area is 175 Å². The second-order valence-corrected chi connectivity index (χ2v) is 6.91. The Morgan fingerprint density at radius 1 is 1.13 bits per heavy atom. The van der Waals surface area contributed by atoms with Crippen LogP contribution in [0.4, 0.5) is 11.5 Å². The van der Waals surface area contributed by atoms with Crippen molar-refractivity contribution < 1.29 is 23.6 Å². The fourth-order valence-corrected chi connectivity index (χ4v) is 2.72. The highest BCUT2D eigenvalue weighted by Gasteiger charge is 2.23. The van der Waals surface area contributed by atoms with Crippen molar-refractivity contribution in [2.45, 2.75) is 33.6 Å². The number of nitrogens with one attached hydrogen (secondary N) is 2. The summed E-state index contributed by atoms with van der Waals surface area (Å²) >= 11 is 0. The van der Waals surface area contributed by atoms with E-state index in [1.165, 1.54) is 12.0 Å². The molecule has 9 heteroatoms. The number of hydrogen-bond acceptors (Lipinski definition) is 6. The largest absolute Gasteiger partial charge is 0.383 e. The highest BCUT2D eigenvalue weighted by Crippen LogP contribution is 2.19. The maximum absolute atomic E-state index is 12.8. The number of aromatic nitrogens is 1. The standard InChI is InChI=1S/C21H28N4O5/c1-14-6-5-7-17(16(14)3)23-19(26)8-9-21(28)25(18-12-15(2)30-24-18)13-20(27)22-10-11-29-4/h5-7,12H,8-11,13H2,1-4H3,(H,22,27)(H,23,26). The maximum Gasteiger partial charge on any atom is 0.240 e. The van der Waals surface area contributed by atoms with Crippen LogP contribution in [0, 0.1) is 20.8 Å². The summed E-state index contributed by atoms with van der Waals surface area (Å²) in [6, 6.07) is 7.21. The molecule has 2 N–H and O–H groups in total. The molecule has 9 nitrogen and oxygen atoms in total. The molecule has 30 heavy (non-hydrogen) atoms. The number of anilines is 2. The number of ether oxygens (including phenoxy) is 1. The lowest BCUT2D eigenvalue weighted by Crippen LogP contribution is -2.42. The minimum Gasteiger partial charge on any atom is -0.383 e. The SMILES string of the molecule is COCCNC(=O)CN(C(=O)CCC(=O)Nc1cccc(C)c1C)c1cc(C)on1. The summed E-state index contributed by atoms with van der Waals surface area (Å²) < 4.78 is 9.92.